The zero-order valence-electron chi connectivity index (χ0n) is 16.9. The van der Waals surface area contributed by atoms with E-state index in [1.807, 2.05) is 78.9 Å². The van der Waals surface area contributed by atoms with Crippen molar-refractivity contribution in [3.05, 3.63) is 95.6 Å². The summed E-state index contributed by atoms with van der Waals surface area (Å²) in [5, 5.41) is 31.8. The molecule has 0 saturated carbocycles. The number of benzene rings is 3. The first-order valence-electron chi connectivity index (χ1n) is 10.1. The highest BCUT2D eigenvalue weighted by molar-refractivity contribution is 5.93. The monoisotopic (exact) mass is 431 g/mol. The Morgan fingerprint density at radius 3 is 1.62 bits per heavy atom. The lowest BCUT2D eigenvalue weighted by Crippen LogP contribution is -2.53. The van der Waals surface area contributed by atoms with Crippen LogP contribution < -0.4 is 5.32 Å². The van der Waals surface area contributed by atoms with Crippen LogP contribution in [0, 0.1) is 5.92 Å². The molecule has 0 aromatic heterocycles. The molecule has 0 spiro atoms. The quantitative estimate of drug-likeness (QED) is 0.404. The number of carboxylic acid groups (broad SMARTS) is 3. The van der Waals surface area contributed by atoms with Gasteiger partial charge in [-0.15, -0.1) is 0 Å². The third-order valence-corrected chi connectivity index (χ3v) is 5.92. The van der Waals surface area contributed by atoms with Crippen LogP contribution in [0.2, 0.25) is 0 Å². The number of hydrogen-bond donors (Lipinski definition) is 4. The predicted octanol–water partition coefficient (Wildman–Crippen LogP) is 3.18. The van der Waals surface area contributed by atoms with Crippen molar-refractivity contribution in [1.82, 2.24) is 5.32 Å². The molecule has 4 N–H and O–H groups in total. The number of hydrogen-bond acceptors (Lipinski definition) is 4. The fourth-order valence-electron chi connectivity index (χ4n) is 4.50. The Kier molecular flexibility index (Phi) is 5.50. The number of carbonyl (C=O) groups is 3. The maximum Gasteiger partial charge on any atom is 0.320 e. The first-order chi connectivity index (χ1) is 15.4. The highest BCUT2D eigenvalue weighted by Crippen LogP contribution is 2.51. The van der Waals surface area contributed by atoms with Gasteiger partial charge in [-0.25, -0.2) is 0 Å². The SMILES string of the molecule is O=C(O)C(CC(C(=O)O)C(=O)O)NC1(c2ccccc2)c2ccccc2-c2ccccc21. The second-order valence-corrected chi connectivity index (χ2v) is 7.71. The van der Waals surface area contributed by atoms with Gasteiger partial charge >= 0.3 is 17.9 Å². The molecule has 1 aliphatic carbocycles. The maximum absolute atomic E-state index is 12.2. The standard InChI is InChI=1S/C25H21NO6/c27-22(28)18(23(29)30)14-21(24(31)32)26-25(15-8-2-1-3-9-15)19-12-6-4-10-16(19)17-11-5-7-13-20(17)25/h1-13,18,21,26H,14H2,(H,27,28)(H,29,30)(H,31,32). The summed E-state index contributed by atoms with van der Waals surface area (Å²) in [7, 11) is 0. The third-order valence-electron chi connectivity index (χ3n) is 5.92. The van der Waals surface area contributed by atoms with Crippen molar-refractivity contribution >= 4 is 17.9 Å². The lowest BCUT2D eigenvalue weighted by Gasteiger charge is -2.37. The van der Waals surface area contributed by atoms with Crippen molar-refractivity contribution < 1.29 is 29.7 Å². The van der Waals surface area contributed by atoms with Crippen LogP contribution in [0.15, 0.2) is 78.9 Å². The summed E-state index contributed by atoms with van der Waals surface area (Å²) < 4.78 is 0. The van der Waals surface area contributed by atoms with Gasteiger partial charge in [-0.1, -0.05) is 78.9 Å². The highest BCUT2D eigenvalue weighted by Gasteiger charge is 2.47. The van der Waals surface area contributed by atoms with Gasteiger partial charge in [0, 0.05) is 0 Å². The molecule has 3 aromatic rings. The van der Waals surface area contributed by atoms with Gasteiger partial charge in [0.2, 0.25) is 0 Å². The molecule has 7 heteroatoms. The molecule has 0 amide bonds. The molecule has 0 fully saturated rings. The van der Waals surface area contributed by atoms with E-state index < -0.39 is 41.8 Å². The van der Waals surface area contributed by atoms with E-state index in [4.69, 9.17) is 0 Å². The van der Waals surface area contributed by atoms with Gasteiger partial charge in [-0.2, -0.15) is 0 Å². The number of aliphatic carboxylic acids is 3. The van der Waals surface area contributed by atoms with Gasteiger partial charge in [0.25, 0.3) is 0 Å². The Bertz CT molecular complexity index is 1130. The van der Waals surface area contributed by atoms with Crippen molar-refractivity contribution in [3.8, 4) is 11.1 Å². The van der Waals surface area contributed by atoms with Crippen LogP contribution >= 0.6 is 0 Å². The van der Waals surface area contributed by atoms with Crippen LogP contribution in [0.25, 0.3) is 11.1 Å². The van der Waals surface area contributed by atoms with E-state index in [-0.39, 0.29) is 0 Å². The van der Waals surface area contributed by atoms with Crippen molar-refractivity contribution in [3.63, 3.8) is 0 Å². The van der Waals surface area contributed by atoms with Crippen molar-refractivity contribution in [2.24, 2.45) is 5.92 Å². The molecule has 0 saturated heterocycles. The molecule has 7 nitrogen and oxygen atoms in total. The predicted molar refractivity (Wildman–Crippen MR) is 116 cm³/mol. The lowest BCUT2D eigenvalue weighted by molar-refractivity contribution is -0.155. The molecule has 0 radical (unpaired) electrons. The van der Waals surface area contributed by atoms with Gasteiger partial charge < -0.3 is 15.3 Å². The average Bonchev–Trinajstić information content (AvgIpc) is 3.07. The number of nitrogens with one attached hydrogen (secondary N) is 1. The van der Waals surface area contributed by atoms with E-state index in [2.05, 4.69) is 5.32 Å². The zero-order chi connectivity index (χ0) is 22.9. The van der Waals surface area contributed by atoms with Gasteiger partial charge in [-0.05, 0) is 34.2 Å². The normalized spacial score (nSPS) is 14.4. The highest BCUT2D eigenvalue weighted by atomic mass is 16.4. The maximum atomic E-state index is 12.2. The smallest absolute Gasteiger partial charge is 0.320 e. The summed E-state index contributed by atoms with van der Waals surface area (Å²) in [6.45, 7) is 0. The first kappa shape index (κ1) is 21.3. The van der Waals surface area contributed by atoms with Crippen LogP contribution in [0.1, 0.15) is 23.1 Å². The van der Waals surface area contributed by atoms with Gasteiger partial charge in [-0.3, -0.25) is 19.7 Å². The number of fused-ring (bicyclic) bond motifs is 3. The van der Waals surface area contributed by atoms with E-state index in [1.54, 1.807) is 0 Å². The Morgan fingerprint density at radius 1 is 0.688 bits per heavy atom. The second-order valence-electron chi connectivity index (χ2n) is 7.71. The Morgan fingerprint density at radius 2 is 1.16 bits per heavy atom. The molecule has 3 aromatic carbocycles. The van der Waals surface area contributed by atoms with E-state index in [1.165, 1.54) is 0 Å². The first-order valence-corrected chi connectivity index (χ1v) is 10.1. The summed E-state index contributed by atoms with van der Waals surface area (Å²) in [5.74, 6) is -6.34. The van der Waals surface area contributed by atoms with Gasteiger partial charge in [0.05, 0.1) is 5.54 Å². The molecule has 4 rings (SSSR count). The largest absolute Gasteiger partial charge is 0.481 e. The van der Waals surface area contributed by atoms with Crippen LogP contribution in [-0.4, -0.2) is 39.3 Å². The van der Waals surface area contributed by atoms with Crippen molar-refractivity contribution in [2.75, 3.05) is 0 Å². The van der Waals surface area contributed by atoms with E-state index in [9.17, 15) is 29.7 Å². The minimum Gasteiger partial charge on any atom is -0.481 e. The van der Waals surface area contributed by atoms with Gasteiger partial charge in [0.1, 0.15) is 6.04 Å². The summed E-state index contributed by atoms with van der Waals surface area (Å²) in [6, 6.07) is 23.1. The molecule has 32 heavy (non-hydrogen) atoms. The Hall–Kier alpha value is -3.97. The van der Waals surface area contributed by atoms with Crippen molar-refractivity contribution in [1.29, 1.82) is 0 Å². The minimum atomic E-state index is -1.86. The second kappa shape index (κ2) is 8.28. The molecule has 0 heterocycles. The topological polar surface area (TPSA) is 124 Å². The lowest BCUT2D eigenvalue weighted by atomic mass is 9.79. The van der Waals surface area contributed by atoms with Crippen LogP contribution in [-0.2, 0) is 19.9 Å². The van der Waals surface area contributed by atoms with Crippen LogP contribution in [0.4, 0.5) is 0 Å². The number of rotatable bonds is 8. The molecule has 1 aliphatic rings. The molecule has 0 bridgehead atoms. The molecule has 1 unspecified atom stereocenters. The molecule has 0 aliphatic heterocycles. The molecular formula is C25H21NO6. The third kappa shape index (κ3) is 3.42. The minimum absolute atomic E-state index is 0.612. The molecular weight excluding hydrogens is 410 g/mol. The van der Waals surface area contributed by atoms with Crippen LogP contribution in [0.5, 0.6) is 0 Å². The molecule has 162 valence electrons. The fourth-order valence-corrected chi connectivity index (χ4v) is 4.50. The number of carboxylic acids is 3. The van der Waals surface area contributed by atoms with Gasteiger partial charge in [0.15, 0.2) is 5.92 Å². The summed E-state index contributed by atoms with van der Waals surface area (Å²) in [6.07, 6.45) is -0.612. The Balaban J connectivity index is 1.93. The summed E-state index contributed by atoms with van der Waals surface area (Å²) in [5.41, 5.74) is 3.17. The van der Waals surface area contributed by atoms with E-state index >= 15 is 0 Å². The zero-order valence-corrected chi connectivity index (χ0v) is 16.9. The summed E-state index contributed by atoms with van der Waals surface area (Å²) >= 11 is 0. The average molecular weight is 431 g/mol. The van der Waals surface area contributed by atoms with E-state index in [0.717, 1.165) is 27.8 Å². The van der Waals surface area contributed by atoms with Crippen molar-refractivity contribution in [2.45, 2.75) is 18.0 Å². The van der Waals surface area contributed by atoms with Crippen LogP contribution in [0.3, 0.4) is 0 Å². The van der Waals surface area contributed by atoms with E-state index in [0.29, 0.717) is 0 Å². The Labute approximate surface area is 184 Å². The summed E-state index contributed by atoms with van der Waals surface area (Å²) in [4.78, 5) is 35.2. The molecule has 1 atom stereocenters. The fraction of sp³-hybridized carbons (Fsp3) is 0.160.